The van der Waals surface area contributed by atoms with Gasteiger partial charge in [-0.3, -0.25) is 10.1 Å². The van der Waals surface area contributed by atoms with Gasteiger partial charge in [0.05, 0.1) is 12.2 Å². The zero-order chi connectivity index (χ0) is 10.4. The quantitative estimate of drug-likeness (QED) is 0.464. The van der Waals surface area contributed by atoms with E-state index in [2.05, 4.69) is 5.32 Å². The second-order valence-electron chi connectivity index (χ2n) is 4.53. The van der Waals surface area contributed by atoms with Gasteiger partial charge in [0.2, 0.25) is 0 Å². The molecule has 0 amide bonds. The molecular formula is C9H15NO4. The molecule has 2 saturated heterocycles. The number of rotatable bonds is 2. The Balaban J connectivity index is 2.25. The number of fused-ring (bicyclic) bond motifs is 2. The van der Waals surface area contributed by atoms with Crippen LogP contribution >= 0.6 is 0 Å². The third-order valence-corrected chi connectivity index (χ3v) is 3.36. The normalized spacial score (nSPS) is 46.6. The molecule has 0 aromatic rings. The summed E-state index contributed by atoms with van der Waals surface area (Å²) in [6.45, 7) is -0.361. The van der Waals surface area contributed by atoms with Crippen molar-refractivity contribution >= 4 is 5.97 Å². The van der Waals surface area contributed by atoms with Crippen LogP contribution in [0.1, 0.15) is 25.7 Å². The molecular weight excluding hydrogens is 186 g/mol. The van der Waals surface area contributed by atoms with Crippen LogP contribution in [-0.2, 0) is 4.79 Å². The monoisotopic (exact) mass is 201 g/mol. The molecule has 0 spiro atoms. The molecule has 0 aromatic heterocycles. The second-order valence-corrected chi connectivity index (χ2v) is 4.53. The Bertz CT molecular complexity index is 270. The van der Waals surface area contributed by atoms with Crippen molar-refractivity contribution < 1.29 is 20.1 Å². The first-order valence-corrected chi connectivity index (χ1v) is 4.84. The van der Waals surface area contributed by atoms with Gasteiger partial charge in [-0.1, -0.05) is 0 Å². The molecule has 3 unspecified atom stereocenters. The third kappa shape index (κ3) is 1.32. The van der Waals surface area contributed by atoms with E-state index < -0.39 is 17.1 Å². The Kier molecular flexibility index (Phi) is 2.06. The van der Waals surface area contributed by atoms with Crippen molar-refractivity contribution in [1.82, 2.24) is 5.32 Å². The summed E-state index contributed by atoms with van der Waals surface area (Å²) in [5, 5.41) is 31.1. The number of carbonyl (C=O) groups is 1. The molecule has 2 aliphatic heterocycles. The first-order valence-electron chi connectivity index (χ1n) is 4.84. The van der Waals surface area contributed by atoms with Gasteiger partial charge in [-0.25, -0.2) is 0 Å². The highest BCUT2D eigenvalue weighted by Gasteiger charge is 2.55. The smallest absolute Gasteiger partial charge is 0.324 e. The van der Waals surface area contributed by atoms with Crippen LogP contribution in [0.4, 0.5) is 0 Å². The number of aliphatic hydroxyl groups is 2. The minimum absolute atomic E-state index is 0.0250. The number of hydrogen-bond donors (Lipinski definition) is 4. The molecule has 2 heterocycles. The number of nitrogens with one attached hydrogen (secondary N) is 1. The van der Waals surface area contributed by atoms with E-state index in [1.807, 2.05) is 0 Å². The van der Waals surface area contributed by atoms with Gasteiger partial charge in [-0.05, 0) is 19.3 Å². The lowest BCUT2D eigenvalue weighted by molar-refractivity contribution is -0.151. The molecule has 5 nitrogen and oxygen atoms in total. The fraction of sp³-hybridized carbons (Fsp3) is 0.889. The number of aliphatic hydroxyl groups excluding tert-OH is 1. The average Bonchev–Trinajstić information content (AvgIpc) is 2.44. The second kappa shape index (κ2) is 2.92. The van der Waals surface area contributed by atoms with Gasteiger partial charge in [-0.2, -0.15) is 0 Å². The van der Waals surface area contributed by atoms with E-state index >= 15 is 0 Å². The summed E-state index contributed by atoms with van der Waals surface area (Å²) in [6, 6.07) is 0.0250. The molecule has 0 aromatic carbocycles. The molecule has 80 valence electrons. The molecule has 3 atom stereocenters. The lowest BCUT2D eigenvalue weighted by Crippen LogP contribution is -2.61. The largest absolute Gasteiger partial charge is 0.480 e. The highest BCUT2D eigenvalue weighted by Crippen LogP contribution is 2.40. The topological polar surface area (TPSA) is 89.8 Å². The molecule has 0 saturated carbocycles. The van der Waals surface area contributed by atoms with Crippen molar-refractivity contribution in [2.24, 2.45) is 0 Å². The lowest BCUT2D eigenvalue weighted by Gasteiger charge is -2.40. The Hall–Kier alpha value is -0.650. The first kappa shape index (κ1) is 9.89. The number of carboxylic acids is 1. The molecule has 5 heteroatoms. The van der Waals surface area contributed by atoms with Crippen LogP contribution in [0.5, 0.6) is 0 Å². The molecule has 2 bridgehead atoms. The highest BCUT2D eigenvalue weighted by atomic mass is 16.4. The summed E-state index contributed by atoms with van der Waals surface area (Å²) in [7, 11) is 0. The van der Waals surface area contributed by atoms with Crippen LogP contribution in [0.2, 0.25) is 0 Å². The van der Waals surface area contributed by atoms with Gasteiger partial charge in [0.1, 0.15) is 5.54 Å². The van der Waals surface area contributed by atoms with Crippen LogP contribution < -0.4 is 5.32 Å². The van der Waals surface area contributed by atoms with E-state index in [1.54, 1.807) is 0 Å². The van der Waals surface area contributed by atoms with Gasteiger partial charge in [0.25, 0.3) is 0 Å². The summed E-state index contributed by atoms with van der Waals surface area (Å²) >= 11 is 0. The minimum atomic E-state index is -1.22. The van der Waals surface area contributed by atoms with Crippen LogP contribution in [0.15, 0.2) is 0 Å². The zero-order valence-electron chi connectivity index (χ0n) is 7.86. The van der Waals surface area contributed by atoms with Crippen LogP contribution in [0, 0.1) is 0 Å². The van der Waals surface area contributed by atoms with Gasteiger partial charge in [0.15, 0.2) is 0 Å². The maximum Gasteiger partial charge on any atom is 0.324 e. The van der Waals surface area contributed by atoms with E-state index in [9.17, 15) is 9.90 Å². The standard InChI is InChI=1S/C9H15NO4/c11-5-8(14)3-6-1-2-9(4-8,10-6)7(12)13/h6,10-11,14H,1-5H2,(H,12,13). The molecule has 4 N–H and O–H groups in total. The number of aliphatic carboxylic acids is 1. The predicted octanol–water partition coefficient (Wildman–Crippen LogP) is -0.921. The molecule has 0 radical (unpaired) electrons. The van der Waals surface area contributed by atoms with Crippen molar-refractivity contribution in [2.75, 3.05) is 6.61 Å². The highest BCUT2D eigenvalue weighted by molar-refractivity contribution is 5.79. The van der Waals surface area contributed by atoms with Crippen LogP contribution in [-0.4, -0.2) is 45.1 Å². The van der Waals surface area contributed by atoms with Crippen molar-refractivity contribution in [3.8, 4) is 0 Å². The van der Waals surface area contributed by atoms with Gasteiger partial charge in [-0.15, -0.1) is 0 Å². The van der Waals surface area contributed by atoms with Crippen molar-refractivity contribution in [3.63, 3.8) is 0 Å². The lowest BCUT2D eigenvalue weighted by atomic mass is 9.80. The van der Waals surface area contributed by atoms with E-state index in [1.165, 1.54) is 0 Å². The summed E-state index contributed by atoms with van der Waals surface area (Å²) in [6.07, 6.45) is 1.84. The summed E-state index contributed by atoms with van der Waals surface area (Å²) in [4.78, 5) is 11.1. The molecule has 14 heavy (non-hydrogen) atoms. The van der Waals surface area contributed by atoms with Gasteiger partial charge < -0.3 is 15.3 Å². The van der Waals surface area contributed by atoms with Gasteiger partial charge in [0, 0.05) is 12.5 Å². The third-order valence-electron chi connectivity index (χ3n) is 3.36. The van der Waals surface area contributed by atoms with Gasteiger partial charge >= 0.3 is 5.97 Å². The van der Waals surface area contributed by atoms with E-state index in [0.29, 0.717) is 12.8 Å². The van der Waals surface area contributed by atoms with E-state index in [4.69, 9.17) is 10.2 Å². The van der Waals surface area contributed by atoms with Crippen LogP contribution in [0.25, 0.3) is 0 Å². The average molecular weight is 201 g/mol. The van der Waals surface area contributed by atoms with E-state index in [-0.39, 0.29) is 19.1 Å². The first-order chi connectivity index (χ1) is 6.50. The Morgan fingerprint density at radius 1 is 1.57 bits per heavy atom. The maximum atomic E-state index is 11.1. The number of piperidine rings is 1. The summed E-state index contributed by atoms with van der Waals surface area (Å²) < 4.78 is 0. The summed E-state index contributed by atoms with van der Waals surface area (Å²) in [5.74, 6) is -0.924. The van der Waals surface area contributed by atoms with Crippen molar-refractivity contribution in [1.29, 1.82) is 0 Å². The molecule has 0 aliphatic carbocycles. The van der Waals surface area contributed by atoms with Crippen molar-refractivity contribution in [3.05, 3.63) is 0 Å². The predicted molar refractivity (Wildman–Crippen MR) is 47.8 cm³/mol. The Labute approximate surface area is 81.7 Å². The summed E-state index contributed by atoms with van der Waals surface area (Å²) in [5.41, 5.74) is -2.23. The van der Waals surface area contributed by atoms with Crippen LogP contribution in [0.3, 0.4) is 0 Å². The fourth-order valence-electron chi connectivity index (χ4n) is 2.71. The Morgan fingerprint density at radius 2 is 2.29 bits per heavy atom. The SMILES string of the molecule is O=C(O)C12CCC(CC(O)(CO)C1)N2. The maximum absolute atomic E-state index is 11.1. The van der Waals surface area contributed by atoms with Crippen molar-refractivity contribution in [2.45, 2.75) is 42.9 Å². The number of hydrogen-bond acceptors (Lipinski definition) is 4. The zero-order valence-corrected chi connectivity index (χ0v) is 7.86. The Morgan fingerprint density at radius 3 is 2.86 bits per heavy atom. The molecule has 2 aliphatic rings. The van der Waals surface area contributed by atoms with E-state index in [0.717, 1.165) is 6.42 Å². The fourth-order valence-corrected chi connectivity index (χ4v) is 2.71. The molecule has 2 rings (SSSR count). The molecule has 2 fully saturated rings. The number of carboxylic acid groups (broad SMARTS) is 1. The minimum Gasteiger partial charge on any atom is -0.480 e.